The lowest BCUT2D eigenvalue weighted by atomic mass is 10.3. The Labute approximate surface area is 204 Å². The molecule has 0 saturated carbocycles. The number of pyridine rings is 2. The van der Waals surface area contributed by atoms with E-state index in [0.29, 0.717) is 0 Å². The van der Waals surface area contributed by atoms with E-state index in [0.717, 1.165) is 0 Å². The highest BCUT2D eigenvalue weighted by atomic mass is 79.9. The van der Waals surface area contributed by atoms with Crippen LogP contribution in [0.1, 0.15) is 70.4 Å². The van der Waals surface area contributed by atoms with Crippen LogP contribution in [0.15, 0.2) is 44.9 Å². The molecule has 0 aromatic carbocycles. The first-order valence-electron chi connectivity index (χ1n) is 8.97. The number of hydrogen-bond donors (Lipinski definition) is 1. The van der Waals surface area contributed by atoms with Crippen LogP contribution in [-0.2, 0) is 19.7 Å². The van der Waals surface area contributed by atoms with Crippen LogP contribution >= 0.6 is 15.9 Å². The number of halogens is 1. The van der Waals surface area contributed by atoms with Gasteiger partial charge in [0.15, 0.2) is 25.5 Å². The topological polar surface area (TPSA) is 148 Å². The van der Waals surface area contributed by atoms with Crippen LogP contribution in [0, 0.1) is 0 Å². The minimum absolute atomic E-state index is 0. The van der Waals surface area contributed by atoms with Crippen molar-refractivity contribution in [3.8, 4) is 0 Å². The first-order valence-corrected chi connectivity index (χ1v) is 12.9. The van der Waals surface area contributed by atoms with Gasteiger partial charge in [0, 0.05) is 13.1 Å². The third-order valence-corrected chi connectivity index (χ3v) is 9.20. The van der Waals surface area contributed by atoms with Crippen molar-refractivity contribution in [2.45, 2.75) is 69.8 Å². The quantitative estimate of drug-likeness (QED) is 0.394. The van der Waals surface area contributed by atoms with Crippen LogP contribution in [0.25, 0.3) is 0 Å². The Morgan fingerprint density at radius 3 is 1.70 bits per heavy atom. The molecule has 1 N–H and O–H groups in total. The van der Waals surface area contributed by atoms with E-state index in [4.69, 9.17) is 5.11 Å². The van der Waals surface area contributed by atoms with E-state index >= 15 is 0 Å². The van der Waals surface area contributed by atoms with Gasteiger partial charge in [0.2, 0.25) is 0 Å². The van der Waals surface area contributed by atoms with Crippen molar-refractivity contribution in [2.24, 2.45) is 0 Å². The highest BCUT2D eigenvalue weighted by molar-refractivity contribution is 9.10. The molecule has 2 aromatic heterocycles. The van der Waals surface area contributed by atoms with Crippen molar-refractivity contribution in [2.75, 3.05) is 0 Å². The predicted molar refractivity (Wildman–Crippen MR) is 131 cm³/mol. The molecular weight excluding hydrogens is 536 g/mol. The Hall–Kier alpha value is -2.18. The molecule has 0 saturated heterocycles. The number of aromatic carboxylic acids is 1. The van der Waals surface area contributed by atoms with Gasteiger partial charge in [0.25, 0.3) is 0 Å². The van der Waals surface area contributed by atoms with Gasteiger partial charge in [-0.1, -0.05) is 14.9 Å². The first-order chi connectivity index (χ1) is 14.1. The average molecular weight is 568 g/mol. The van der Waals surface area contributed by atoms with Gasteiger partial charge in [-0.2, -0.15) is 0 Å². The molecule has 0 unspecified atom stereocenters. The molecule has 0 aliphatic carbocycles. The highest BCUT2D eigenvalue weighted by Crippen LogP contribution is 2.24. The minimum atomic E-state index is -3.45. The number of aromatic nitrogens is 2. The summed E-state index contributed by atoms with van der Waals surface area (Å²) >= 11 is 2.97. The van der Waals surface area contributed by atoms with E-state index in [1.54, 1.807) is 27.7 Å². The van der Waals surface area contributed by atoms with Crippen LogP contribution < -0.4 is 0 Å². The molecule has 0 radical (unpaired) electrons. The number of hydrogen-bond acceptors (Lipinski definition) is 8. The van der Waals surface area contributed by atoms with Crippen molar-refractivity contribution >= 4 is 47.4 Å². The second-order valence-corrected chi connectivity index (χ2v) is 12.6. The lowest BCUT2D eigenvalue weighted by Crippen LogP contribution is -2.15. The Kier molecular flexibility index (Phi) is 12.9. The van der Waals surface area contributed by atoms with Gasteiger partial charge < -0.3 is 5.11 Å². The van der Waals surface area contributed by atoms with Crippen LogP contribution in [0.3, 0.4) is 0 Å². The molecule has 2 rings (SSSR count). The molecular formula is C21H31BrN2O7S2. The summed E-state index contributed by atoms with van der Waals surface area (Å²) in [5.74, 6) is -1.38. The van der Waals surface area contributed by atoms with Crippen molar-refractivity contribution in [1.82, 2.24) is 9.97 Å². The predicted octanol–water partition coefficient (Wildman–Crippen LogP) is 4.46. The second-order valence-electron chi connectivity index (χ2n) is 6.91. The maximum absolute atomic E-state index is 11.8. The second kappa shape index (κ2) is 12.9. The number of carbonyl (C=O) groups is 2. The molecule has 0 aliphatic rings. The lowest BCUT2D eigenvalue weighted by molar-refractivity contribution is 0.0689. The monoisotopic (exact) mass is 566 g/mol. The Bertz CT molecular complexity index is 1180. The number of sulfone groups is 2. The fourth-order valence-electron chi connectivity index (χ4n) is 2.04. The lowest BCUT2D eigenvalue weighted by Gasteiger charge is -2.09. The van der Waals surface area contributed by atoms with Crippen LogP contribution in [0.5, 0.6) is 0 Å². The first kappa shape index (κ1) is 33.0. The number of carboxylic acid groups (broad SMARTS) is 1. The summed E-state index contributed by atoms with van der Waals surface area (Å²) in [6.45, 7) is 7.70. The number of Topliss-reactive ketones (excluding diaryl/α,β-unsaturated/α-hetero) is 1. The van der Waals surface area contributed by atoms with Gasteiger partial charge in [-0.05, 0) is 67.9 Å². The summed E-state index contributed by atoms with van der Waals surface area (Å²) < 4.78 is 47.0. The van der Waals surface area contributed by atoms with Crippen molar-refractivity contribution in [1.29, 1.82) is 0 Å². The van der Waals surface area contributed by atoms with E-state index < -0.39 is 36.1 Å². The van der Waals surface area contributed by atoms with Crippen LogP contribution in [0.4, 0.5) is 0 Å². The summed E-state index contributed by atoms with van der Waals surface area (Å²) in [4.78, 5) is 29.2. The van der Waals surface area contributed by atoms with Crippen molar-refractivity contribution in [3.05, 3.63) is 46.5 Å². The Morgan fingerprint density at radius 1 is 0.879 bits per heavy atom. The smallest absolute Gasteiger partial charge is 0.354 e. The molecule has 2 heterocycles. The molecule has 2 aromatic rings. The molecule has 33 heavy (non-hydrogen) atoms. The summed E-state index contributed by atoms with van der Waals surface area (Å²) in [7, 11) is -6.75. The molecule has 9 nitrogen and oxygen atoms in total. The van der Waals surface area contributed by atoms with E-state index in [1.165, 1.54) is 37.4 Å². The SMILES string of the molecule is C.C.CC(=O)c1ccc(S(=O)(=O)C(C)C)cn1.CC(C)S(=O)(=O)c1ccc(C(=O)O)nc1Br. The van der Waals surface area contributed by atoms with E-state index in [9.17, 15) is 26.4 Å². The van der Waals surface area contributed by atoms with E-state index in [-0.39, 0.29) is 46.4 Å². The summed E-state index contributed by atoms with van der Waals surface area (Å²) in [5.41, 5.74) is 0.0762. The minimum Gasteiger partial charge on any atom is -0.477 e. The van der Waals surface area contributed by atoms with E-state index in [2.05, 4.69) is 25.9 Å². The number of rotatable bonds is 6. The summed E-state index contributed by atoms with van der Waals surface area (Å²) in [5, 5.41) is 7.61. The number of ketones is 1. The zero-order valence-electron chi connectivity index (χ0n) is 17.5. The molecule has 0 fully saturated rings. The van der Waals surface area contributed by atoms with Gasteiger partial charge in [0.1, 0.15) is 16.0 Å². The molecule has 186 valence electrons. The molecule has 0 atom stereocenters. The number of carbonyl (C=O) groups excluding carboxylic acids is 1. The average Bonchev–Trinajstić information content (AvgIpc) is 2.67. The van der Waals surface area contributed by atoms with Crippen molar-refractivity contribution < 1.29 is 31.5 Å². The summed E-state index contributed by atoms with van der Waals surface area (Å²) in [6, 6.07) is 5.26. The fourth-order valence-corrected chi connectivity index (χ4v) is 5.08. The van der Waals surface area contributed by atoms with Crippen molar-refractivity contribution in [3.63, 3.8) is 0 Å². The van der Waals surface area contributed by atoms with Gasteiger partial charge in [-0.25, -0.2) is 26.6 Å². The standard InChI is InChI=1S/C10H13NO3S.C9H10BrNO4S.2CH4/c1-7(2)15(13,14)9-4-5-10(8(3)12)11-6-9;1-5(2)16(14,15)7-4-3-6(9(12)13)11-8(7)10;;/h4-7H,1-3H3;3-5H,1-2H3,(H,12,13);2*1H4. The zero-order chi connectivity index (χ0) is 24.1. The molecule has 12 heteroatoms. The van der Waals surface area contributed by atoms with Gasteiger partial charge in [0.05, 0.1) is 20.3 Å². The Morgan fingerprint density at radius 2 is 1.36 bits per heavy atom. The zero-order valence-corrected chi connectivity index (χ0v) is 20.7. The molecule has 0 bridgehead atoms. The number of carboxylic acids is 1. The van der Waals surface area contributed by atoms with Gasteiger partial charge in [-0.15, -0.1) is 0 Å². The highest BCUT2D eigenvalue weighted by Gasteiger charge is 2.23. The van der Waals surface area contributed by atoms with Crippen LogP contribution in [-0.4, -0.2) is 54.2 Å². The Balaban J connectivity index is 0. The third kappa shape index (κ3) is 8.27. The maximum atomic E-state index is 11.8. The number of nitrogens with zero attached hydrogens (tertiary/aromatic N) is 2. The third-order valence-electron chi connectivity index (χ3n) is 4.01. The molecule has 0 aliphatic heterocycles. The van der Waals surface area contributed by atoms with Crippen LogP contribution in [0.2, 0.25) is 0 Å². The summed E-state index contributed by atoms with van der Waals surface area (Å²) in [6.07, 6.45) is 1.23. The largest absolute Gasteiger partial charge is 0.477 e. The normalized spacial score (nSPS) is 11.0. The van der Waals surface area contributed by atoms with E-state index in [1.807, 2.05) is 0 Å². The fraction of sp³-hybridized carbons (Fsp3) is 0.429. The van der Waals surface area contributed by atoms with Gasteiger partial charge >= 0.3 is 5.97 Å². The van der Waals surface area contributed by atoms with Gasteiger partial charge in [-0.3, -0.25) is 9.78 Å². The molecule has 0 spiro atoms. The maximum Gasteiger partial charge on any atom is 0.354 e. The molecule has 0 amide bonds.